The van der Waals surface area contributed by atoms with E-state index < -0.39 is 0 Å². The molecule has 0 saturated heterocycles. The van der Waals surface area contributed by atoms with Crippen LogP contribution in [0.3, 0.4) is 0 Å². The van der Waals surface area contributed by atoms with Crippen LogP contribution < -0.4 is 4.74 Å². The molecule has 0 saturated carbocycles. The summed E-state index contributed by atoms with van der Waals surface area (Å²) in [5, 5.41) is 2.12. The molecule has 2 atom stereocenters. The molecular weight excluding hydrogens is 336 g/mol. The highest BCUT2D eigenvalue weighted by Crippen LogP contribution is 2.31. The van der Waals surface area contributed by atoms with Crippen molar-refractivity contribution in [3.8, 4) is 5.75 Å². The topological polar surface area (TPSA) is 35.5 Å². The van der Waals surface area contributed by atoms with Crippen molar-refractivity contribution < 1.29 is 14.3 Å². The molecule has 0 amide bonds. The molecule has 0 aliphatic carbocycles. The number of ether oxygens (including phenoxy) is 2. The van der Waals surface area contributed by atoms with Crippen molar-refractivity contribution in [3.05, 3.63) is 53.6 Å². The van der Waals surface area contributed by atoms with Gasteiger partial charge in [0.1, 0.15) is 12.0 Å². The molecule has 0 aromatic heterocycles. The minimum absolute atomic E-state index is 0.342. The number of carbonyl (C=O) groups excluding carboxylic acids is 1. The third-order valence-electron chi connectivity index (χ3n) is 4.72. The lowest BCUT2D eigenvalue weighted by atomic mass is 10.0. The molecule has 0 fully saturated rings. The van der Waals surface area contributed by atoms with Gasteiger partial charge < -0.3 is 14.3 Å². The predicted octanol–water partition coefficient (Wildman–Crippen LogP) is 6.10. The Morgan fingerprint density at radius 2 is 1.85 bits per heavy atom. The van der Waals surface area contributed by atoms with Crippen molar-refractivity contribution in [2.45, 2.75) is 59.7 Å². The minimum Gasteiger partial charge on any atom is -0.464 e. The lowest BCUT2D eigenvalue weighted by molar-refractivity contribution is -0.107. The molecule has 0 bridgehead atoms. The molecule has 146 valence electrons. The van der Waals surface area contributed by atoms with E-state index in [0.717, 1.165) is 41.2 Å². The number of aldehydes is 1. The number of allylic oxidation sites excluding steroid dienone is 2. The molecule has 0 aliphatic rings. The predicted molar refractivity (Wildman–Crippen MR) is 112 cm³/mol. The van der Waals surface area contributed by atoms with Gasteiger partial charge in [-0.15, -0.1) is 0 Å². The molecule has 3 heteroatoms. The quantitative estimate of drug-likeness (QED) is 0.273. The second-order valence-electron chi connectivity index (χ2n) is 7.45. The van der Waals surface area contributed by atoms with Gasteiger partial charge in [0, 0.05) is 17.4 Å². The van der Waals surface area contributed by atoms with Gasteiger partial charge in [-0.05, 0) is 51.3 Å². The summed E-state index contributed by atoms with van der Waals surface area (Å²) in [4.78, 5) is 11.0. The van der Waals surface area contributed by atoms with E-state index in [9.17, 15) is 4.79 Å². The number of hydrogen-bond acceptors (Lipinski definition) is 3. The van der Waals surface area contributed by atoms with E-state index in [4.69, 9.17) is 9.47 Å². The van der Waals surface area contributed by atoms with Crippen LogP contribution in [0.25, 0.3) is 10.8 Å². The molecule has 2 rings (SSSR count). The number of fused-ring (bicyclic) bond motifs is 1. The first-order valence-corrected chi connectivity index (χ1v) is 9.87. The Bertz CT molecular complexity index is 759. The first-order valence-electron chi connectivity index (χ1n) is 9.87. The zero-order valence-corrected chi connectivity index (χ0v) is 17.0. The van der Waals surface area contributed by atoms with Crippen molar-refractivity contribution in [1.82, 2.24) is 0 Å². The first-order chi connectivity index (χ1) is 13.0. The van der Waals surface area contributed by atoms with Gasteiger partial charge >= 0.3 is 0 Å². The highest BCUT2D eigenvalue weighted by molar-refractivity contribution is 5.90. The Balaban J connectivity index is 1.93. The Kier molecular flexibility index (Phi) is 8.53. The largest absolute Gasteiger partial charge is 0.464 e. The monoisotopic (exact) mass is 368 g/mol. The van der Waals surface area contributed by atoms with E-state index in [2.05, 4.69) is 26.8 Å². The Morgan fingerprint density at radius 3 is 2.59 bits per heavy atom. The van der Waals surface area contributed by atoms with Crippen molar-refractivity contribution in [3.63, 3.8) is 0 Å². The number of rotatable bonds is 11. The molecule has 0 spiro atoms. The SMILES string of the molecule is CC(C)=CCCC(C)CCOC(C)Oc1c(CC=O)ccc2ccccc12. The van der Waals surface area contributed by atoms with Crippen molar-refractivity contribution in [1.29, 1.82) is 0 Å². The van der Waals surface area contributed by atoms with E-state index in [1.54, 1.807) is 0 Å². The lowest BCUT2D eigenvalue weighted by Crippen LogP contribution is -2.19. The zero-order chi connectivity index (χ0) is 19.6. The Hall–Kier alpha value is -2.13. The number of benzene rings is 2. The third-order valence-corrected chi connectivity index (χ3v) is 4.72. The summed E-state index contributed by atoms with van der Waals surface area (Å²) in [7, 11) is 0. The molecule has 0 N–H and O–H groups in total. The van der Waals surface area contributed by atoms with Crippen LogP contribution in [0.1, 0.15) is 52.5 Å². The highest BCUT2D eigenvalue weighted by Gasteiger charge is 2.13. The average Bonchev–Trinajstić information content (AvgIpc) is 2.63. The maximum atomic E-state index is 11.0. The summed E-state index contributed by atoms with van der Waals surface area (Å²) in [6, 6.07) is 12.1. The van der Waals surface area contributed by atoms with Gasteiger partial charge in [-0.3, -0.25) is 0 Å². The first kappa shape index (κ1) is 21.2. The van der Waals surface area contributed by atoms with Gasteiger partial charge in [-0.1, -0.05) is 55.0 Å². The molecule has 2 aromatic rings. The van der Waals surface area contributed by atoms with E-state index in [1.165, 1.54) is 12.0 Å². The van der Waals surface area contributed by atoms with Crippen LogP contribution >= 0.6 is 0 Å². The van der Waals surface area contributed by atoms with Gasteiger partial charge in [0.2, 0.25) is 0 Å². The number of carbonyl (C=O) groups is 1. The van der Waals surface area contributed by atoms with Crippen LogP contribution in [0.4, 0.5) is 0 Å². The summed E-state index contributed by atoms with van der Waals surface area (Å²) in [5.74, 6) is 1.38. The van der Waals surface area contributed by atoms with E-state index >= 15 is 0 Å². The molecule has 3 nitrogen and oxygen atoms in total. The van der Waals surface area contributed by atoms with Crippen molar-refractivity contribution in [2.24, 2.45) is 5.92 Å². The van der Waals surface area contributed by atoms with Crippen LogP contribution in [0.15, 0.2) is 48.0 Å². The van der Waals surface area contributed by atoms with E-state index in [1.807, 2.05) is 43.3 Å². The normalized spacial score (nSPS) is 13.2. The molecule has 0 radical (unpaired) electrons. The molecule has 0 heterocycles. The van der Waals surface area contributed by atoms with Crippen LogP contribution in [0.5, 0.6) is 5.75 Å². The molecular formula is C24H32O3. The van der Waals surface area contributed by atoms with Gasteiger partial charge in [-0.2, -0.15) is 0 Å². The summed E-state index contributed by atoms with van der Waals surface area (Å²) in [6.45, 7) is 9.13. The fourth-order valence-corrected chi connectivity index (χ4v) is 3.11. The van der Waals surface area contributed by atoms with Gasteiger partial charge in [0.25, 0.3) is 0 Å². The Labute approximate surface area is 163 Å². The molecule has 2 unspecified atom stereocenters. The van der Waals surface area contributed by atoms with Gasteiger partial charge in [-0.25, -0.2) is 0 Å². The maximum absolute atomic E-state index is 11.0. The molecule has 27 heavy (non-hydrogen) atoms. The zero-order valence-electron chi connectivity index (χ0n) is 17.0. The van der Waals surface area contributed by atoms with Crippen LogP contribution in [0.2, 0.25) is 0 Å². The fourth-order valence-electron chi connectivity index (χ4n) is 3.11. The fraction of sp³-hybridized carbons (Fsp3) is 0.458. The van der Waals surface area contributed by atoms with E-state index in [0.29, 0.717) is 18.9 Å². The highest BCUT2D eigenvalue weighted by atomic mass is 16.7. The molecule has 0 aliphatic heterocycles. The van der Waals surface area contributed by atoms with Gasteiger partial charge in [0.15, 0.2) is 6.29 Å². The second-order valence-corrected chi connectivity index (χ2v) is 7.45. The van der Waals surface area contributed by atoms with Crippen molar-refractivity contribution in [2.75, 3.05) is 6.61 Å². The van der Waals surface area contributed by atoms with E-state index in [-0.39, 0.29) is 6.29 Å². The summed E-state index contributed by atoms with van der Waals surface area (Å²) in [5.41, 5.74) is 2.27. The van der Waals surface area contributed by atoms with Crippen LogP contribution in [-0.2, 0) is 16.0 Å². The third kappa shape index (κ3) is 6.84. The summed E-state index contributed by atoms with van der Waals surface area (Å²) < 4.78 is 12.0. The smallest absolute Gasteiger partial charge is 0.197 e. The second kappa shape index (κ2) is 10.9. The van der Waals surface area contributed by atoms with Gasteiger partial charge in [0.05, 0.1) is 6.61 Å². The summed E-state index contributed by atoms with van der Waals surface area (Å²) >= 11 is 0. The maximum Gasteiger partial charge on any atom is 0.197 e. The summed E-state index contributed by atoms with van der Waals surface area (Å²) in [6.07, 6.45) is 6.51. The van der Waals surface area contributed by atoms with Crippen molar-refractivity contribution >= 4 is 17.1 Å². The van der Waals surface area contributed by atoms with Crippen LogP contribution in [-0.4, -0.2) is 19.2 Å². The Morgan fingerprint density at radius 1 is 1.07 bits per heavy atom. The molecule has 2 aromatic carbocycles. The number of hydrogen-bond donors (Lipinski definition) is 0. The standard InChI is InChI=1S/C24H32O3/c1-18(2)8-7-9-19(3)15-17-26-20(4)27-24-22(14-16-25)13-12-21-10-5-6-11-23(21)24/h5-6,8,10-13,16,19-20H,7,9,14-15,17H2,1-4H3. The lowest BCUT2D eigenvalue weighted by Gasteiger charge is -2.20. The minimum atomic E-state index is -0.355. The van der Waals surface area contributed by atoms with Crippen LogP contribution in [0, 0.1) is 5.92 Å². The average molecular weight is 369 g/mol.